The van der Waals surface area contributed by atoms with Crippen molar-refractivity contribution in [1.82, 2.24) is 15.4 Å². The van der Waals surface area contributed by atoms with E-state index in [-0.39, 0.29) is 23.2 Å². The van der Waals surface area contributed by atoms with E-state index in [1.165, 1.54) is 19.1 Å². The third-order valence-electron chi connectivity index (χ3n) is 5.17. The number of carbonyl (C=O) groups excluding carboxylic acids is 2. The second-order valence-electron chi connectivity index (χ2n) is 8.67. The van der Waals surface area contributed by atoms with Crippen LogP contribution < -0.4 is 21.1 Å². The first kappa shape index (κ1) is 28.0. The summed E-state index contributed by atoms with van der Waals surface area (Å²) >= 11 is 0. The van der Waals surface area contributed by atoms with Crippen molar-refractivity contribution in [2.24, 2.45) is 11.7 Å². The van der Waals surface area contributed by atoms with E-state index in [4.69, 9.17) is 11.1 Å². The second kappa shape index (κ2) is 12.4. The van der Waals surface area contributed by atoms with Gasteiger partial charge in [-0.15, -0.1) is 0 Å². The fourth-order valence-corrected chi connectivity index (χ4v) is 4.57. The van der Waals surface area contributed by atoms with Gasteiger partial charge in [0, 0.05) is 12.1 Å². The quantitative estimate of drug-likeness (QED) is 0.185. The van der Waals surface area contributed by atoms with Gasteiger partial charge in [-0.2, -0.15) is 4.72 Å². The van der Waals surface area contributed by atoms with Crippen LogP contribution in [0.5, 0.6) is 0 Å². The number of nitrogen functional groups attached to an aromatic ring is 1. The molecule has 0 aliphatic heterocycles. The Bertz CT molecular complexity index is 1120. The Morgan fingerprint density at radius 1 is 1.00 bits per heavy atom. The summed E-state index contributed by atoms with van der Waals surface area (Å²) in [5, 5.41) is 22.9. The molecule has 7 N–H and O–H groups in total. The molecule has 0 heterocycles. The monoisotopic (exact) mass is 503 g/mol. The van der Waals surface area contributed by atoms with Crippen LogP contribution in [0.15, 0.2) is 59.5 Å². The van der Waals surface area contributed by atoms with Gasteiger partial charge in [-0.05, 0) is 37.0 Å². The molecule has 0 spiro atoms. The van der Waals surface area contributed by atoms with Gasteiger partial charge in [-0.1, -0.05) is 56.3 Å². The molecule has 0 aliphatic rings. The lowest BCUT2D eigenvalue weighted by Crippen LogP contribution is -2.57. The first-order valence-electron chi connectivity index (χ1n) is 11.2. The van der Waals surface area contributed by atoms with Crippen LogP contribution >= 0.6 is 0 Å². The Kier molecular flexibility index (Phi) is 9.93. The van der Waals surface area contributed by atoms with Crippen molar-refractivity contribution in [3.63, 3.8) is 0 Å². The summed E-state index contributed by atoms with van der Waals surface area (Å²) in [7, 11) is -4.08. The van der Waals surface area contributed by atoms with Gasteiger partial charge in [0.2, 0.25) is 21.8 Å². The lowest BCUT2D eigenvalue weighted by molar-refractivity contribution is -0.131. The number of amidine groups is 1. The molecule has 2 rings (SSSR count). The average molecular weight is 504 g/mol. The van der Waals surface area contributed by atoms with Gasteiger partial charge < -0.3 is 21.5 Å². The number of hydrogen-bond donors (Lipinski definition) is 6. The molecule has 0 saturated carbocycles. The molecule has 0 aliphatic carbocycles. The molecule has 35 heavy (non-hydrogen) atoms. The Morgan fingerprint density at radius 3 is 2.11 bits per heavy atom. The zero-order valence-electron chi connectivity index (χ0n) is 20.0. The number of nitrogens with one attached hydrogen (secondary N) is 4. The molecule has 0 fully saturated rings. The van der Waals surface area contributed by atoms with Gasteiger partial charge in [0.25, 0.3) is 0 Å². The first-order chi connectivity index (χ1) is 16.4. The SMILES string of the molecule is CC(C)CC(NC(=O)C(NS(=O)(=O)c1ccccc1)C(C)O)C(=O)NCc1ccc(C(=N)N)cc1. The molecule has 2 amide bonds. The number of hydrogen-bond acceptors (Lipinski definition) is 6. The van der Waals surface area contributed by atoms with Crippen LogP contribution in [0.2, 0.25) is 0 Å². The van der Waals surface area contributed by atoms with Crippen molar-refractivity contribution < 1.29 is 23.1 Å². The molecule has 0 radical (unpaired) electrons. The van der Waals surface area contributed by atoms with Gasteiger partial charge in [0.1, 0.15) is 17.9 Å². The number of aliphatic hydroxyl groups excluding tert-OH is 1. The van der Waals surface area contributed by atoms with Crippen molar-refractivity contribution in [2.45, 2.75) is 56.8 Å². The summed E-state index contributed by atoms with van der Waals surface area (Å²) in [6.07, 6.45) is -1.05. The maximum absolute atomic E-state index is 13.0. The Hall–Kier alpha value is -3.28. The molecule has 0 bridgehead atoms. The van der Waals surface area contributed by atoms with Gasteiger partial charge >= 0.3 is 0 Å². The van der Waals surface area contributed by atoms with Crippen LogP contribution in [-0.2, 0) is 26.2 Å². The highest BCUT2D eigenvalue weighted by Gasteiger charge is 2.32. The smallest absolute Gasteiger partial charge is 0.242 e. The molecule has 11 heteroatoms. The van der Waals surface area contributed by atoms with Crippen molar-refractivity contribution in [3.8, 4) is 0 Å². The highest BCUT2D eigenvalue weighted by atomic mass is 32.2. The maximum Gasteiger partial charge on any atom is 0.242 e. The number of sulfonamides is 1. The number of rotatable bonds is 12. The van der Waals surface area contributed by atoms with E-state index in [1.807, 2.05) is 13.8 Å². The van der Waals surface area contributed by atoms with Crippen LogP contribution in [0.4, 0.5) is 0 Å². The summed E-state index contributed by atoms with van der Waals surface area (Å²) in [4.78, 5) is 25.8. The summed E-state index contributed by atoms with van der Waals surface area (Å²) < 4.78 is 27.6. The molecule has 3 unspecified atom stereocenters. The first-order valence-corrected chi connectivity index (χ1v) is 12.7. The standard InChI is InChI=1S/C24H33N5O5S/c1-15(2)13-20(23(31)27-14-17-9-11-18(12-10-17)22(25)26)28-24(32)21(16(3)30)29-35(33,34)19-7-5-4-6-8-19/h4-12,15-16,20-21,29-30H,13-14H2,1-3H3,(H3,25,26)(H,27,31)(H,28,32). The van der Waals surface area contributed by atoms with Crippen LogP contribution in [0.3, 0.4) is 0 Å². The molecule has 2 aromatic carbocycles. The van der Waals surface area contributed by atoms with E-state index >= 15 is 0 Å². The van der Waals surface area contributed by atoms with E-state index in [0.29, 0.717) is 12.0 Å². The average Bonchev–Trinajstić information content (AvgIpc) is 2.80. The van der Waals surface area contributed by atoms with Crippen molar-refractivity contribution in [2.75, 3.05) is 0 Å². The summed E-state index contributed by atoms with van der Waals surface area (Å²) in [5.74, 6) is -1.27. The van der Waals surface area contributed by atoms with Crippen LogP contribution in [0.1, 0.15) is 38.3 Å². The largest absolute Gasteiger partial charge is 0.391 e. The maximum atomic E-state index is 13.0. The van der Waals surface area contributed by atoms with Gasteiger partial charge in [-0.25, -0.2) is 8.42 Å². The predicted octanol–water partition coefficient (Wildman–Crippen LogP) is 0.846. The highest BCUT2D eigenvalue weighted by Crippen LogP contribution is 2.11. The minimum absolute atomic E-state index is 0.0481. The molecule has 0 aromatic heterocycles. The molecule has 0 saturated heterocycles. The molecule has 3 atom stereocenters. The number of aliphatic hydroxyl groups is 1. The zero-order chi connectivity index (χ0) is 26.2. The van der Waals surface area contributed by atoms with Crippen LogP contribution in [0.25, 0.3) is 0 Å². The molecular weight excluding hydrogens is 470 g/mol. The summed E-state index contributed by atoms with van der Waals surface area (Å²) in [5.41, 5.74) is 6.78. The van der Waals surface area contributed by atoms with E-state index in [9.17, 15) is 23.1 Å². The number of benzene rings is 2. The normalized spacial score (nSPS) is 14.1. The summed E-state index contributed by atoms with van der Waals surface area (Å²) in [6.45, 7) is 5.25. The minimum Gasteiger partial charge on any atom is -0.391 e. The zero-order valence-corrected chi connectivity index (χ0v) is 20.8. The van der Waals surface area contributed by atoms with E-state index in [2.05, 4.69) is 15.4 Å². The Labute approximate surface area is 205 Å². The van der Waals surface area contributed by atoms with Gasteiger partial charge in [0.05, 0.1) is 11.0 Å². The van der Waals surface area contributed by atoms with E-state index < -0.39 is 40.0 Å². The molecule has 10 nitrogen and oxygen atoms in total. The van der Waals surface area contributed by atoms with E-state index in [0.717, 1.165) is 5.56 Å². The second-order valence-corrected chi connectivity index (χ2v) is 10.4. The van der Waals surface area contributed by atoms with E-state index in [1.54, 1.807) is 42.5 Å². The van der Waals surface area contributed by atoms with Gasteiger partial charge in [-0.3, -0.25) is 15.0 Å². The molecule has 2 aromatic rings. The van der Waals surface area contributed by atoms with Crippen molar-refractivity contribution in [1.29, 1.82) is 5.41 Å². The lowest BCUT2D eigenvalue weighted by Gasteiger charge is -2.25. The fourth-order valence-electron chi connectivity index (χ4n) is 3.28. The van der Waals surface area contributed by atoms with Crippen molar-refractivity contribution >= 4 is 27.7 Å². The van der Waals surface area contributed by atoms with Gasteiger partial charge in [0.15, 0.2) is 0 Å². The third-order valence-corrected chi connectivity index (χ3v) is 6.63. The summed E-state index contributed by atoms with van der Waals surface area (Å²) in [6, 6.07) is 11.9. The minimum atomic E-state index is -4.08. The number of carbonyl (C=O) groups is 2. The van der Waals surface area contributed by atoms with Crippen molar-refractivity contribution in [3.05, 3.63) is 65.7 Å². The predicted molar refractivity (Wildman–Crippen MR) is 133 cm³/mol. The van der Waals surface area contributed by atoms with Crippen LogP contribution in [0, 0.1) is 11.3 Å². The highest BCUT2D eigenvalue weighted by molar-refractivity contribution is 7.89. The molecular formula is C24H33N5O5S. The molecule has 190 valence electrons. The third kappa shape index (κ3) is 8.46. The Morgan fingerprint density at radius 2 is 1.60 bits per heavy atom. The Balaban J connectivity index is 2.11. The topological polar surface area (TPSA) is 174 Å². The van der Waals surface area contributed by atoms with Crippen LogP contribution in [-0.4, -0.2) is 49.4 Å². The fraction of sp³-hybridized carbons (Fsp3) is 0.375. The number of nitrogens with two attached hydrogens (primary N) is 1. The lowest BCUT2D eigenvalue weighted by atomic mass is 10.0. The number of amides is 2.